The van der Waals surface area contributed by atoms with Crippen molar-refractivity contribution >= 4 is 23.1 Å². The summed E-state index contributed by atoms with van der Waals surface area (Å²) in [5, 5.41) is 2.69. The van der Waals surface area contributed by atoms with Gasteiger partial charge in [0.25, 0.3) is 0 Å². The molecule has 0 aliphatic rings. The van der Waals surface area contributed by atoms with Gasteiger partial charge in [0.15, 0.2) is 0 Å². The Morgan fingerprint density at radius 1 is 0.879 bits per heavy atom. The summed E-state index contributed by atoms with van der Waals surface area (Å²) in [7, 11) is 0. The number of nitrogens with zero attached hydrogens (tertiary/aromatic N) is 2. The molecule has 0 radical (unpaired) electrons. The van der Waals surface area contributed by atoms with Crippen LogP contribution in [-0.2, 0) is 4.79 Å². The summed E-state index contributed by atoms with van der Waals surface area (Å²) in [6.45, 7) is 3.45. The van der Waals surface area contributed by atoms with Crippen LogP contribution >= 0.6 is 0 Å². The van der Waals surface area contributed by atoms with Crippen molar-refractivity contribution in [2.45, 2.75) is 0 Å². The minimum atomic E-state index is -0.320. The van der Waals surface area contributed by atoms with Crippen LogP contribution in [-0.4, -0.2) is 15.9 Å². The number of hydrogen-bond acceptors (Lipinski definition) is 7. The van der Waals surface area contributed by atoms with Gasteiger partial charge in [-0.25, -0.2) is 9.97 Å². The first-order valence-electron chi connectivity index (χ1n) is 9.97. The lowest BCUT2D eigenvalue weighted by molar-refractivity contribution is -0.111. The molecule has 1 amide bonds. The Hall–Kier alpha value is -4.85. The van der Waals surface area contributed by atoms with Crippen LogP contribution in [0.1, 0.15) is 0 Å². The van der Waals surface area contributed by atoms with Crippen LogP contribution in [0.3, 0.4) is 0 Å². The molecule has 0 spiro atoms. The molecule has 0 saturated heterocycles. The Bertz CT molecular complexity index is 1310. The van der Waals surface area contributed by atoms with E-state index >= 15 is 0 Å². The number of nitrogens with two attached hydrogens (primary N) is 2. The summed E-state index contributed by atoms with van der Waals surface area (Å²) in [6, 6.07) is 21.4. The zero-order valence-electron chi connectivity index (χ0n) is 17.6. The molecule has 33 heavy (non-hydrogen) atoms. The van der Waals surface area contributed by atoms with Crippen molar-refractivity contribution in [1.29, 1.82) is 0 Å². The number of aromatic nitrogens is 2. The van der Waals surface area contributed by atoms with Crippen molar-refractivity contribution in [2.75, 3.05) is 16.8 Å². The molecule has 1 aromatic heterocycles. The van der Waals surface area contributed by atoms with Crippen LogP contribution in [0.4, 0.5) is 17.2 Å². The summed E-state index contributed by atoms with van der Waals surface area (Å²) in [5.74, 6) is 1.96. The normalized spacial score (nSPS) is 10.3. The summed E-state index contributed by atoms with van der Waals surface area (Å²) in [5.41, 5.74) is 14.4. The minimum Gasteiger partial charge on any atom is -0.457 e. The first kappa shape index (κ1) is 21.4. The van der Waals surface area contributed by atoms with Gasteiger partial charge in [-0.05, 0) is 48.0 Å². The highest BCUT2D eigenvalue weighted by Gasteiger charge is 2.15. The summed E-state index contributed by atoms with van der Waals surface area (Å²) in [4.78, 5) is 19.9. The van der Waals surface area contributed by atoms with Crippen LogP contribution in [0.5, 0.6) is 23.1 Å². The van der Waals surface area contributed by atoms with Gasteiger partial charge in [0.05, 0.1) is 5.56 Å². The second-order valence-corrected chi connectivity index (χ2v) is 6.96. The Labute approximate surface area is 190 Å². The van der Waals surface area contributed by atoms with Gasteiger partial charge in [0.2, 0.25) is 11.8 Å². The van der Waals surface area contributed by atoms with E-state index in [9.17, 15) is 4.79 Å². The fraction of sp³-hybridized carbons (Fsp3) is 0. The molecule has 4 aromatic rings. The lowest BCUT2D eigenvalue weighted by Gasteiger charge is -2.13. The molecule has 0 aliphatic heterocycles. The number of nitrogens with one attached hydrogen (secondary N) is 1. The fourth-order valence-corrected chi connectivity index (χ4v) is 3.08. The highest BCUT2D eigenvalue weighted by molar-refractivity contribution is 5.99. The first-order valence-corrected chi connectivity index (χ1v) is 9.97. The molecular formula is C25H21N5O3. The highest BCUT2D eigenvalue weighted by atomic mass is 16.5. The van der Waals surface area contributed by atoms with Gasteiger partial charge in [-0.2, -0.15) is 0 Å². The maximum Gasteiger partial charge on any atom is 0.247 e. The number of nitrogen functional groups attached to an aromatic ring is 2. The van der Waals surface area contributed by atoms with Crippen LogP contribution < -0.4 is 26.3 Å². The molecule has 8 nitrogen and oxygen atoms in total. The van der Waals surface area contributed by atoms with Crippen LogP contribution in [0.2, 0.25) is 0 Å². The number of benzene rings is 3. The number of ether oxygens (including phenoxy) is 2. The predicted octanol–water partition coefficient (Wildman–Crippen LogP) is 5.02. The van der Waals surface area contributed by atoms with Crippen molar-refractivity contribution < 1.29 is 14.3 Å². The smallest absolute Gasteiger partial charge is 0.247 e. The number of carbonyl (C=O) groups excluding carboxylic acids is 1. The van der Waals surface area contributed by atoms with Crippen LogP contribution in [0.25, 0.3) is 11.1 Å². The van der Waals surface area contributed by atoms with Gasteiger partial charge in [-0.3, -0.25) is 4.79 Å². The van der Waals surface area contributed by atoms with Crippen molar-refractivity contribution in [2.24, 2.45) is 0 Å². The lowest BCUT2D eigenvalue weighted by Crippen LogP contribution is -2.07. The highest BCUT2D eigenvalue weighted by Crippen LogP contribution is 2.36. The number of rotatable bonds is 7. The van der Waals surface area contributed by atoms with Gasteiger partial charge >= 0.3 is 0 Å². The Kier molecular flexibility index (Phi) is 6.17. The van der Waals surface area contributed by atoms with Gasteiger partial charge in [0, 0.05) is 23.5 Å². The van der Waals surface area contributed by atoms with Crippen molar-refractivity contribution in [3.8, 4) is 34.3 Å². The van der Waals surface area contributed by atoms with E-state index in [0.29, 0.717) is 34.2 Å². The fourth-order valence-electron chi connectivity index (χ4n) is 3.08. The quantitative estimate of drug-likeness (QED) is 0.273. The molecule has 5 N–H and O–H groups in total. The number of carbonyl (C=O) groups is 1. The van der Waals surface area contributed by atoms with Gasteiger partial charge in [-0.15, -0.1) is 0 Å². The molecule has 0 fully saturated rings. The van der Waals surface area contributed by atoms with Crippen molar-refractivity contribution in [3.63, 3.8) is 0 Å². The number of amides is 1. The molecule has 3 aromatic carbocycles. The van der Waals surface area contributed by atoms with E-state index in [1.54, 1.807) is 48.5 Å². The van der Waals surface area contributed by atoms with E-state index in [0.717, 1.165) is 5.56 Å². The predicted molar refractivity (Wildman–Crippen MR) is 128 cm³/mol. The zero-order chi connectivity index (χ0) is 23.2. The second kappa shape index (κ2) is 9.52. The molecule has 0 unspecified atom stereocenters. The van der Waals surface area contributed by atoms with E-state index < -0.39 is 0 Å². The van der Waals surface area contributed by atoms with E-state index in [2.05, 4.69) is 21.9 Å². The van der Waals surface area contributed by atoms with Crippen LogP contribution in [0, 0.1) is 0 Å². The lowest BCUT2D eigenvalue weighted by atomic mass is 10.1. The van der Waals surface area contributed by atoms with Gasteiger partial charge < -0.3 is 26.3 Å². The van der Waals surface area contributed by atoms with Crippen molar-refractivity contribution in [3.05, 3.63) is 91.8 Å². The third-order valence-corrected chi connectivity index (χ3v) is 4.58. The Balaban J connectivity index is 1.59. The van der Waals surface area contributed by atoms with E-state index in [-0.39, 0.29) is 17.6 Å². The van der Waals surface area contributed by atoms with E-state index in [1.807, 2.05) is 24.3 Å². The topological polar surface area (TPSA) is 125 Å². The molecular weight excluding hydrogens is 418 g/mol. The average molecular weight is 439 g/mol. The van der Waals surface area contributed by atoms with Crippen molar-refractivity contribution in [1.82, 2.24) is 9.97 Å². The monoisotopic (exact) mass is 439 g/mol. The number of anilines is 3. The molecule has 8 heteroatoms. The molecule has 164 valence electrons. The third kappa shape index (κ3) is 5.26. The third-order valence-electron chi connectivity index (χ3n) is 4.58. The molecule has 4 rings (SSSR count). The summed E-state index contributed by atoms with van der Waals surface area (Å²) < 4.78 is 11.8. The largest absolute Gasteiger partial charge is 0.457 e. The molecule has 0 saturated carbocycles. The Morgan fingerprint density at radius 3 is 2.33 bits per heavy atom. The maximum absolute atomic E-state index is 11.6. The average Bonchev–Trinajstić information content (AvgIpc) is 2.80. The van der Waals surface area contributed by atoms with E-state index in [1.165, 1.54) is 12.4 Å². The van der Waals surface area contributed by atoms with Gasteiger partial charge in [-0.1, -0.05) is 30.8 Å². The maximum atomic E-state index is 11.6. The van der Waals surface area contributed by atoms with E-state index in [4.69, 9.17) is 20.9 Å². The second-order valence-electron chi connectivity index (χ2n) is 6.96. The Morgan fingerprint density at radius 2 is 1.61 bits per heavy atom. The minimum absolute atomic E-state index is 0.264. The standard InChI is InChI=1S/C25H21N5O3/c1-2-22(31)30-18-6-4-8-21(14-18)33-25-23(24(27)28-15-29-25)16-9-11-19(12-10-16)32-20-7-3-5-17(26)13-20/h2-15H,1,26H2,(H,30,31)(H2,27,28,29). The SMILES string of the molecule is C=CC(=O)Nc1cccc(Oc2ncnc(N)c2-c2ccc(Oc3cccc(N)c3)cc2)c1. The number of hydrogen-bond donors (Lipinski definition) is 3. The summed E-state index contributed by atoms with van der Waals surface area (Å²) in [6.07, 6.45) is 2.52. The summed E-state index contributed by atoms with van der Waals surface area (Å²) >= 11 is 0. The molecule has 1 heterocycles. The first-order chi connectivity index (χ1) is 16.0. The zero-order valence-corrected chi connectivity index (χ0v) is 17.6. The van der Waals surface area contributed by atoms with Crippen LogP contribution in [0.15, 0.2) is 91.8 Å². The molecule has 0 atom stereocenters. The molecule has 0 bridgehead atoms. The molecule has 0 aliphatic carbocycles. The van der Waals surface area contributed by atoms with Gasteiger partial charge in [0.1, 0.15) is 29.4 Å².